The van der Waals surface area contributed by atoms with E-state index in [0.717, 1.165) is 0 Å². The van der Waals surface area contributed by atoms with Crippen LogP contribution in [0.15, 0.2) is 24.4 Å². The second-order valence-corrected chi connectivity index (χ2v) is 4.18. The van der Waals surface area contributed by atoms with E-state index in [-0.39, 0.29) is 16.3 Å². The molecule has 0 spiro atoms. The van der Waals surface area contributed by atoms with E-state index in [0.29, 0.717) is 10.8 Å². The number of carbonyl (C=O) groups is 1. The lowest BCUT2D eigenvalue weighted by Gasteiger charge is -2.11. The van der Waals surface area contributed by atoms with Gasteiger partial charge in [-0.2, -0.15) is 5.10 Å². The van der Waals surface area contributed by atoms with Gasteiger partial charge in [0.15, 0.2) is 5.75 Å². The van der Waals surface area contributed by atoms with E-state index in [1.54, 1.807) is 12.1 Å². The summed E-state index contributed by atoms with van der Waals surface area (Å²) in [6.45, 7) is 0. The molecule has 0 radical (unpaired) electrons. The number of halogens is 2. The Morgan fingerprint density at radius 3 is 2.67 bits per heavy atom. The molecule has 2 aromatic rings. The summed E-state index contributed by atoms with van der Waals surface area (Å²) in [5.74, 6) is 0.267. The first-order valence-electron chi connectivity index (χ1n) is 4.96. The molecule has 0 saturated carbocycles. The monoisotopic (exact) mass is 285 g/mol. The van der Waals surface area contributed by atoms with E-state index in [2.05, 4.69) is 15.5 Å². The van der Waals surface area contributed by atoms with Crippen molar-refractivity contribution in [3.63, 3.8) is 0 Å². The van der Waals surface area contributed by atoms with Crippen LogP contribution >= 0.6 is 23.2 Å². The molecular formula is C11H9Cl2N3O2. The average Bonchev–Trinajstić information content (AvgIpc) is 2.84. The number of anilines is 1. The van der Waals surface area contributed by atoms with Gasteiger partial charge in [0.1, 0.15) is 11.4 Å². The number of carbonyl (C=O) groups excluding carboxylic acids is 1. The van der Waals surface area contributed by atoms with Crippen molar-refractivity contribution >= 4 is 34.9 Å². The molecule has 0 fully saturated rings. The molecule has 94 valence electrons. The smallest absolute Gasteiger partial charge is 0.262 e. The van der Waals surface area contributed by atoms with E-state index >= 15 is 0 Å². The highest BCUT2D eigenvalue weighted by Gasteiger charge is 2.19. The third-order valence-electron chi connectivity index (χ3n) is 2.24. The topological polar surface area (TPSA) is 67.0 Å². The van der Waals surface area contributed by atoms with Crippen LogP contribution in [0.1, 0.15) is 10.4 Å². The van der Waals surface area contributed by atoms with Crippen molar-refractivity contribution in [1.29, 1.82) is 0 Å². The fourth-order valence-electron chi connectivity index (χ4n) is 1.45. The fraction of sp³-hybridized carbons (Fsp3) is 0.0909. The lowest BCUT2D eigenvalue weighted by molar-refractivity contribution is 0.102. The molecule has 0 atom stereocenters. The van der Waals surface area contributed by atoms with Crippen molar-refractivity contribution in [3.05, 3.63) is 40.0 Å². The quantitative estimate of drug-likeness (QED) is 0.911. The van der Waals surface area contributed by atoms with Crippen LogP contribution in [0.2, 0.25) is 10.0 Å². The zero-order valence-electron chi connectivity index (χ0n) is 9.33. The van der Waals surface area contributed by atoms with Crippen LogP contribution < -0.4 is 10.1 Å². The van der Waals surface area contributed by atoms with Crippen molar-refractivity contribution < 1.29 is 9.53 Å². The first-order valence-corrected chi connectivity index (χ1v) is 5.71. The van der Waals surface area contributed by atoms with Crippen LogP contribution in [0.4, 0.5) is 5.82 Å². The number of ether oxygens (including phenoxy) is 1. The average molecular weight is 286 g/mol. The van der Waals surface area contributed by atoms with Crippen LogP contribution in [0.5, 0.6) is 5.75 Å². The maximum Gasteiger partial charge on any atom is 0.262 e. The second-order valence-electron chi connectivity index (χ2n) is 3.36. The summed E-state index contributed by atoms with van der Waals surface area (Å²) in [6, 6.07) is 4.72. The molecule has 1 aromatic heterocycles. The summed E-state index contributed by atoms with van der Waals surface area (Å²) >= 11 is 11.9. The Bertz CT molecular complexity index is 570. The minimum atomic E-state index is -0.427. The number of hydrogen-bond donors (Lipinski definition) is 2. The minimum absolute atomic E-state index is 0.182. The number of amides is 1. The molecule has 0 unspecified atom stereocenters. The highest BCUT2D eigenvalue weighted by Crippen LogP contribution is 2.34. The number of hydrogen-bond acceptors (Lipinski definition) is 3. The Morgan fingerprint density at radius 2 is 2.06 bits per heavy atom. The van der Waals surface area contributed by atoms with Crippen molar-refractivity contribution in [2.45, 2.75) is 0 Å². The molecule has 7 heteroatoms. The first kappa shape index (κ1) is 12.7. The van der Waals surface area contributed by atoms with Crippen molar-refractivity contribution in [1.82, 2.24) is 10.2 Å². The fourth-order valence-corrected chi connectivity index (χ4v) is 1.92. The van der Waals surface area contributed by atoms with Crippen LogP contribution in [-0.2, 0) is 0 Å². The van der Waals surface area contributed by atoms with Gasteiger partial charge in [-0.1, -0.05) is 23.2 Å². The van der Waals surface area contributed by atoms with Gasteiger partial charge >= 0.3 is 0 Å². The van der Waals surface area contributed by atoms with E-state index in [1.165, 1.54) is 19.4 Å². The molecule has 0 aliphatic carbocycles. The third kappa shape index (κ3) is 2.42. The van der Waals surface area contributed by atoms with Gasteiger partial charge in [-0.15, -0.1) is 0 Å². The zero-order chi connectivity index (χ0) is 13.1. The summed E-state index contributed by atoms with van der Waals surface area (Å²) in [4.78, 5) is 12.1. The third-order valence-corrected chi connectivity index (χ3v) is 2.85. The predicted molar refractivity (Wildman–Crippen MR) is 69.6 cm³/mol. The predicted octanol–water partition coefficient (Wildman–Crippen LogP) is 2.98. The Morgan fingerprint density at radius 1 is 1.33 bits per heavy atom. The molecule has 0 aliphatic heterocycles. The number of nitrogens with zero attached hydrogens (tertiary/aromatic N) is 1. The first-order chi connectivity index (χ1) is 8.63. The number of rotatable bonds is 3. The number of methoxy groups -OCH3 is 1. The molecule has 1 amide bonds. The number of aromatic amines is 1. The van der Waals surface area contributed by atoms with E-state index in [1.807, 2.05) is 0 Å². The minimum Gasteiger partial charge on any atom is -0.494 e. The van der Waals surface area contributed by atoms with Gasteiger partial charge in [0.2, 0.25) is 0 Å². The van der Waals surface area contributed by atoms with Crippen molar-refractivity contribution in [2.75, 3.05) is 12.4 Å². The Labute approximate surface area is 113 Å². The van der Waals surface area contributed by atoms with Gasteiger partial charge in [-0.05, 0) is 12.1 Å². The highest BCUT2D eigenvalue weighted by molar-refractivity contribution is 6.37. The summed E-state index contributed by atoms with van der Waals surface area (Å²) < 4.78 is 5.09. The van der Waals surface area contributed by atoms with Crippen LogP contribution in [0, 0.1) is 0 Å². The van der Waals surface area contributed by atoms with E-state index < -0.39 is 5.91 Å². The van der Waals surface area contributed by atoms with Gasteiger partial charge < -0.3 is 10.1 Å². The zero-order valence-corrected chi connectivity index (χ0v) is 10.8. The number of nitrogens with one attached hydrogen (secondary N) is 2. The maximum atomic E-state index is 12.1. The summed E-state index contributed by atoms with van der Waals surface area (Å²) in [6.07, 6.45) is 1.52. The van der Waals surface area contributed by atoms with Crippen LogP contribution in [0.3, 0.4) is 0 Å². The Kier molecular flexibility index (Phi) is 3.74. The van der Waals surface area contributed by atoms with Gasteiger partial charge in [0.25, 0.3) is 5.91 Å². The molecule has 2 N–H and O–H groups in total. The maximum absolute atomic E-state index is 12.1. The normalized spacial score (nSPS) is 10.2. The molecule has 2 rings (SSSR count). The number of aromatic nitrogens is 2. The van der Waals surface area contributed by atoms with Gasteiger partial charge in [-0.3, -0.25) is 9.89 Å². The van der Waals surface area contributed by atoms with Crippen LogP contribution in [0.25, 0.3) is 0 Å². The molecule has 0 aliphatic rings. The SMILES string of the molecule is COc1c(Cl)ccc(Cl)c1C(=O)Nc1ccn[nH]1. The standard InChI is InChI=1S/C11H9Cl2N3O2/c1-18-10-7(13)3-2-6(12)9(10)11(17)15-8-4-5-14-16-8/h2-5H,1H3,(H2,14,15,16,17). The van der Waals surface area contributed by atoms with E-state index in [4.69, 9.17) is 27.9 Å². The molecule has 0 saturated heterocycles. The van der Waals surface area contributed by atoms with Gasteiger partial charge in [0.05, 0.1) is 23.4 Å². The second kappa shape index (κ2) is 5.29. The molecule has 1 heterocycles. The molecular weight excluding hydrogens is 277 g/mol. The van der Waals surface area contributed by atoms with Crippen molar-refractivity contribution in [2.24, 2.45) is 0 Å². The van der Waals surface area contributed by atoms with Gasteiger partial charge in [-0.25, -0.2) is 0 Å². The van der Waals surface area contributed by atoms with Crippen molar-refractivity contribution in [3.8, 4) is 5.75 Å². The van der Waals surface area contributed by atoms with Crippen LogP contribution in [-0.4, -0.2) is 23.2 Å². The molecule has 5 nitrogen and oxygen atoms in total. The lowest BCUT2D eigenvalue weighted by atomic mass is 10.2. The summed E-state index contributed by atoms with van der Waals surface area (Å²) in [7, 11) is 1.42. The number of benzene rings is 1. The molecule has 0 bridgehead atoms. The van der Waals surface area contributed by atoms with E-state index in [9.17, 15) is 4.79 Å². The number of H-pyrrole nitrogens is 1. The van der Waals surface area contributed by atoms with Gasteiger partial charge in [0, 0.05) is 6.07 Å². The summed E-state index contributed by atoms with van der Waals surface area (Å²) in [5.41, 5.74) is 0.182. The Hall–Kier alpha value is -1.72. The lowest BCUT2D eigenvalue weighted by Crippen LogP contribution is -2.14. The largest absolute Gasteiger partial charge is 0.494 e. The summed E-state index contributed by atoms with van der Waals surface area (Å²) in [5, 5.41) is 9.51. The molecule has 18 heavy (non-hydrogen) atoms. The molecule has 1 aromatic carbocycles. The Balaban J connectivity index is 2.38. The highest BCUT2D eigenvalue weighted by atomic mass is 35.5.